The number of carbonyl (C=O) groups excluding carboxylic acids is 1. The van der Waals surface area contributed by atoms with Crippen LogP contribution in [0.2, 0.25) is 0 Å². The molecule has 2 heterocycles. The van der Waals surface area contributed by atoms with Gasteiger partial charge in [-0.05, 0) is 18.2 Å². The highest BCUT2D eigenvalue weighted by molar-refractivity contribution is 7.09. The SMILES string of the molecule is O=C1CC(c2nccs2)Oc2ccc(F)cc21. The van der Waals surface area contributed by atoms with E-state index in [1.165, 1.54) is 29.5 Å². The van der Waals surface area contributed by atoms with Gasteiger partial charge in [-0.25, -0.2) is 9.37 Å². The van der Waals surface area contributed by atoms with Gasteiger partial charge < -0.3 is 4.74 Å². The van der Waals surface area contributed by atoms with Crippen molar-refractivity contribution in [1.82, 2.24) is 4.98 Å². The molecule has 0 spiro atoms. The summed E-state index contributed by atoms with van der Waals surface area (Å²) in [5.74, 6) is -0.0952. The first kappa shape index (κ1) is 10.4. The van der Waals surface area contributed by atoms with E-state index in [2.05, 4.69) is 4.98 Å². The molecule has 2 aromatic rings. The molecule has 1 aromatic carbocycles. The summed E-state index contributed by atoms with van der Waals surface area (Å²) in [7, 11) is 0. The minimum absolute atomic E-state index is 0.106. The molecule has 1 aliphatic heterocycles. The lowest BCUT2D eigenvalue weighted by Gasteiger charge is -2.23. The van der Waals surface area contributed by atoms with Gasteiger partial charge in [0.15, 0.2) is 11.9 Å². The van der Waals surface area contributed by atoms with Crippen molar-refractivity contribution in [3.8, 4) is 5.75 Å². The van der Waals surface area contributed by atoms with Crippen LogP contribution < -0.4 is 4.74 Å². The van der Waals surface area contributed by atoms with Crippen LogP contribution in [-0.2, 0) is 0 Å². The van der Waals surface area contributed by atoms with Crippen LogP contribution in [0.4, 0.5) is 4.39 Å². The number of rotatable bonds is 1. The van der Waals surface area contributed by atoms with Gasteiger partial charge in [0, 0.05) is 11.6 Å². The van der Waals surface area contributed by atoms with Crippen molar-refractivity contribution in [2.45, 2.75) is 12.5 Å². The molecule has 1 atom stereocenters. The van der Waals surface area contributed by atoms with Crippen LogP contribution in [0, 0.1) is 5.82 Å². The fourth-order valence-corrected chi connectivity index (χ4v) is 2.49. The number of ether oxygens (including phenoxy) is 1. The van der Waals surface area contributed by atoms with Crippen molar-refractivity contribution in [1.29, 1.82) is 0 Å². The van der Waals surface area contributed by atoms with Crippen molar-refractivity contribution in [3.63, 3.8) is 0 Å². The predicted molar refractivity (Wildman–Crippen MR) is 60.8 cm³/mol. The molecular weight excluding hydrogens is 241 g/mol. The quantitative estimate of drug-likeness (QED) is 0.780. The molecule has 3 nitrogen and oxygen atoms in total. The summed E-state index contributed by atoms with van der Waals surface area (Å²) in [6.07, 6.45) is 1.54. The Hall–Kier alpha value is -1.75. The molecule has 1 aromatic heterocycles. The van der Waals surface area contributed by atoms with E-state index in [1.807, 2.05) is 5.38 Å². The first-order valence-corrected chi connectivity index (χ1v) is 6.01. The molecule has 0 amide bonds. The maximum Gasteiger partial charge on any atom is 0.170 e. The molecule has 0 fully saturated rings. The molecule has 0 saturated carbocycles. The van der Waals surface area contributed by atoms with Crippen LogP contribution in [-0.4, -0.2) is 10.8 Å². The third kappa shape index (κ3) is 1.82. The van der Waals surface area contributed by atoms with Gasteiger partial charge in [-0.15, -0.1) is 11.3 Å². The summed E-state index contributed by atoms with van der Waals surface area (Å²) < 4.78 is 18.7. The molecule has 1 unspecified atom stereocenters. The maximum atomic E-state index is 13.0. The van der Waals surface area contributed by atoms with E-state index in [9.17, 15) is 9.18 Å². The van der Waals surface area contributed by atoms with E-state index >= 15 is 0 Å². The average Bonchev–Trinajstić information content (AvgIpc) is 2.83. The number of carbonyl (C=O) groups is 1. The van der Waals surface area contributed by atoms with Crippen molar-refractivity contribution in [2.75, 3.05) is 0 Å². The van der Waals surface area contributed by atoms with Crippen LogP contribution >= 0.6 is 11.3 Å². The topological polar surface area (TPSA) is 39.2 Å². The molecule has 0 bridgehead atoms. The monoisotopic (exact) mass is 249 g/mol. The van der Waals surface area contributed by atoms with Crippen molar-refractivity contribution >= 4 is 17.1 Å². The van der Waals surface area contributed by atoms with Crippen LogP contribution in [0.3, 0.4) is 0 Å². The summed E-state index contributed by atoms with van der Waals surface area (Å²) in [6, 6.07) is 3.99. The van der Waals surface area contributed by atoms with Crippen LogP contribution in [0.5, 0.6) is 5.75 Å². The lowest BCUT2D eigenvalue weighted by atomic mass is 10.0. The van der Waals surface area contributed by atoms with Gasteiger partial charge in [0.2, 0.25) is 0 Å². The second-order valence-electron chi connectivity index (χ2n) is 3.74. The Balaban J connectivity index is 1.99. The first-order chi connectivity index (χ1) is 8.24. The highest BCUT2D eigenvalue weighted by atomic mass is 32.1. The highest BCUT2D eigenvalue weighted by Gasteiger charge is 2.29. The average molecular weight is 249 g/mol. The lowest BCUT2D eigenvalue weighted by molar-refractivity contribution is 0.0848. The van der Waals surface area contributed by atoms with Gasteiger partial charge in [0.05, 0.1) is 12.0 Å². The summed E-state index contributed by atoms with van der Waals surface area (Å²) >= 11 is 1.45. The fraction of sp³-hybridized carbons (Fsp3) is 0.167. The minimum Gasteiger partial charge on any atom is -0.482 e. The van der Waals surface area contributed by atoms with E-state index in [-0.39, 0.29) is 18.3 Å². The first-order valence-electron chi connectivity index (χ1n) is 5.13. The largest absolute Gasteiger partial charge is 0.482 e. The molecule has 0 radical (unpaired) electrons. The van der Waals surface area contributed by atoms with Crippen LogP contribution in [0.25, 0.3) is 0 Å². The number of fused-ring (bicyclic) bond motifs is 1. The second kappa shape index (κ2) is 3.92. The van der Waals surface area contributed by atoms with Crippen LogP contribution in [0.1, 0.15) is 27.9 Å². The molecular formula is C12H8FNO2S. The number of hydrogen-bond acceptors (Lipinski definition) is 4. The van der Waals surface area contributed by atoms with Crippen molar-refractivity contribution in [3.05, 3.63) is 46.2 Å². The summed E-state index contributed by atoms with van der Waals surface area (Å²) in [5, 5.41) is 2.61. The number of thiazole rings is 1. The highest BCUT2D eigenvalue weighted by Crippen LogP contribution is 2.35. The summed E-state index contributed by atoms with van der Waals surface area (Å²) in [4.78, 5) is 16.0. The lowest BCUT2D eigenvalue weighted by Crippen LogP contribution is -2.20. The zero-order chi connectivity index (χ0) is 11.8. The van der Waals surface area contributed by atoms with E-state index in [0.717, 1.165) is 5.01 Å². The summed E-state index contributed by atoms with van der Waals surface area (Å²) in [5.41, 5.74) is 0.317. The number of aromatic nitrogens is 1. The predicted octanol–water partition coefficient (Wildman–Crippen LogP) is 2.99. The van der Waals surface area contributed by atoms with Gasteiger partial charge in [-0.2, -0.15) is 0 Å². The van der Waals surface area contributed by atoms with E-state index < -0.39 is 5.82 Å². The Morgan fingerprint density at radius 1 is 1.47 bits per heavy atom. The van der Waals surface area contributed by atoms with Gasteiger partial charge >= 0.3 is 0 Å². The van der Waals surface area contributed by atoms with Gasteiger partial charge in [-0.1, -0.05) is 0 Å². The Labute approximate surface area is 101 Å². The number of ketones is 1. The molecule has 0 aliphatic carbocycles. The third-order valence-electron chi connectivity index (χ3n) is 2.61. The zero-order valence-corrected chi connectivity index (χ0v) is 9.54. The zero-order valence-electron chi connectivity index (χ0n) is 8.72. The number of nitrogens with zero attached hydrogens (tertiary/aromatic N) is 1. The normalized spacial score (nSPS) is 18.6. The van der Waals surface area contributed by atoms with Gasteiger partial charge in [0.1, 0.15) is 16.6 Å². The molecule has 0 saturated heterocycles. The number of Topliss-reactive ketones (excluding diaryl/α,β-unsaturated/α-hetero) is 1. The molecule has 3 rings (SSSR count). The fourth-order valence-electron chi connectivity index (χ4n) is 1.83. The second-order valence-corrected chi connectivity index (χ2v) is 4.67. The van der Waals surface area contributed by atoms with E-state index in [0.29, 0.717) is 11.3 Å². The third-order valence-corrected chi connectivity index (χ3v) is 3.48. The minimum atomic E-state index is -0.423. The molecule has 17 heavy (non-hydrogen) atoms. The number of benzene rings is 1. The Morgan fingerprint density at radius 3 is 3.12 bits per heavy atom. The maximum absolute atomic E-state index is 13.0. The molecule has 86 valence electrons. The number of hydrogen-bond donors (Lipinski definition) is 0. The molecule has 0 N–H and O–H groups in total. The van der Waals surface area contributed by atoms with Gasteiger partial charge in [-0.3, -0.25) is 4.79 Å². The standard InChI is InChI=1S/C12H8FNO2S/c13-7-1-2-10-8(5-7)9(15)6-11(16-10)12-14-3-4-17-12/h1-5,11H,6H2. The molecule has 5 heteroatoms. The summed E-state index contributed by atoms with van der Waals surface area (Å²) in [6.45, 7) is 0. The van der Waals surface area contributed by atoms with Crippen LogP contribution in [0.15, 0.2) is 29.8 Å². The van der Waals surface area contributed by atoms with Gasteiger partial charge in [0.25, 0.3) is 0 Å². The smallest absolute Gasteiger partial charge is 0.170 e. The van der Waals surface area contributed by atoms with E-state index in [4.69, 9.17) is 4.74 Å². The Kier molecular flexibility index (Phi) is 2.40. The van der Waals surface area contributed by atoms with E-state index in [1.54, 1.807) is 6.20 Å². The van der Waals surface area contributed by atoms with Crippen molar-refractivity contribution in [2.24, 2.45) is 0 Å². The number of halogens is 1. The molecule has 1 aliphatic rings. The Bertz CT molecular complexity index is 568. The Morgan fingerprint density at radius 2 is 2.35 bits per heavy atom. The van der Waals surface area contributed by atoms with Crippen molar-refractivity contribution < 1.29 is 13.9 Å².